The Kier molecular flexibility index (Phi) is 5.68. The van der Waals surface area contributed by atoms with Crippen molar-refractivity contribution in [3.63, 3.8) is 0 Å². The molecule has 0 unspecified atom stereocenters. The lowest BCUT2D eigenvalue weighted by Gasteiger charge is -2.34. The summed E-state index contributed by atoms with van der Waals surface area (Å²) in [6.07, 6.45) is 3.01. The maximum Gasteiger partial charge on any atom is 0.308 e. The second-order valence-corrected chi connectivity index (χ2v) is 8.08. The van der Waals surface area contributed by atoms with Crippen LogP contribution in [0.2, 0.25) is 0 Å². The maximum absolute atomic E-state index is 12.6. The van der Waals surface area contributed by atoms with Crippen molar-refractivity contribution in [2.24, 2.45) is 5.92 Å². The monoisotopic (exact) mass is 339 g/mol. The number of carbonyl (C=O) groups excluding carboxylic acids is 1. The van der Waals surface area contributed by atoms with E-state index in [2.05, 4.69) is 0 Å². The Morgan fingerprint density at radius 2 is 1.96 bits per heavy atom. The quantitative estimate of drug-likeness (QED) is 0.717. The zero-order chi connectivity index (χ0) is 17.0. The van der Waals surface area contributed by atoms with E-state index in [1.54, 1.807) is 19.1 Å². The topological polar surface area (TPSA) is 63.7 Å². The molecule has 1 aromatic carbocycles. The lowest BCUT2D eigenvalue weighted by molar-refractivity contribution is -0.140. The summed E-state index contributed by atoms with van der Waals surface area (Å²) in [6, 6.07) is 7.06. The second kappa shape index (κ2) is 7.34. The van der Waals surface area contributed by atoms with Gasteiger partial charge < -0.3 is 9.08 Å². The fourth-order valence-electron chi connectivity index (χ4n) is 2.50. The van der Waals surface area contributed by atoms with Gasteiger partial charge in [-0.25, -0.2) is 0 Å². The minimum absolute atomic E-state index is 0.0546. The molecule has 2 rings (SSSR count). The zero-order valence-corrected chi connectivity index (χ0v) is 14.8. The molecule has 0 bridgehead atoms. The van der Waals surface area contributed by atoms with Crippen LogP contribution in [0.3, 0.4) is 0 Å². The van der Waals surface area contributed by atoms with Crippen LogP contribution < -0.4 is 4.18 Å². The predicted molar refractivity (Wildman–Crippen MR) is 89.6 cm³/mol. The molecule has 1 saturated carbocycles. The highest BCUT2D eigenvalue weighted by Gasteiger charge is 2.31. The van der Waals surface area contributed by atoms with E-state index in [0.29, 0.717) is 17.9 Å². The molecule has 0 atom stereocenters. The summed E-state index contributed by atoms with van der Waals surface area (Å²) in [4.78, 5) is 14.4. The van der Waals surface area contributed by atoms with Gasteiger partial charge in [-0.15, -0.1) is 0 Å². The highest BCUT2D eigenvalue weighted by atomic mass is 32.2. The van der Waals surface area contributed by atoms with E-state index >= 15 is 0 Å². The largest absolute Gasteiger partial charge is 0.382 e. The fourth-order valence-corrected chi connectivity index (χ4v) is 3.05. The third kappa shape index (κ3) is 4.47. The predicted octanol–water partition coefficient (Wildman–Crippen LogP) is 2.95. The molecular weight excluding hydrogens is 314 g/mol. The molecule has 0 radical (unpaired) electrons. The lowest BCUT2D eigenvalue weighted by atomic mass is 9.84. The molecule has 1 fully saturated rings. The first kappa shape index (κ1) is 17.8. The summed E-state index contributed by atoms with van der Waals surface area (Å²) in [6.45, 7) is 5.85. The van der Waals surface area contributed by atoms with Gasteiger partial charge in [0, 0.05) is 24.1 Å². The summed E-state index contributed by atoms with van der Waals surface area (Å²) in [5, 5.41) is 0. The van der Waals surface area contributed by atoms with Gasteiger partial charge in [-0.2, -0.15) is 8.42 Å². The van der Waals surface area contributed by atoms with Crippen LogP contribution in [0.15, 0.2) is 24.3 Å². The van der Waals surface area contributed by atoms with Crippen molar-refractivity contribution in [1.29, 1.82) is 0 Å². The van der Waals surface area contributed by atoms with Gasteiger partial charge in [0.2, 0.25) is 5.91 Å². The molecule has 0 heterocycles. The van der Waals surface area contributed by atoms with E-state index in [-0.39, 0.29) is 23.6 Å². The summed E-state index contributed by atoms with van der Waals surface area (Å²) in [5.74, 6) is 0.488. The van der Waals surface area contributed by atoms with E-state index in [4.69, 9.17) is 4.18 Å². The smallest absolute Gasteiger partial charge is 0.308 e. The van der Waals surface area contributed by atoms with Crippen molar-refractivity contribution in [2.45, 2.75) is 52.6 Å². The number of amides is 1. The van der Waals surface area contributed by atoms with E-state index in [1.165, 1.54) is 0 Å². The zero-order valence-electron chi connectivity index (χ0n) is 14.0. The van der Waals surface area contributed by atoms with Gasteiger partial charge in [-0.1, -0.05) is 24.6 Å². The van der Waals surface area contributed by atoms with Crippen molar-refractivity contribution in [2.75, 3.05) is 5.75 Å². The number of benzene rings is 1. The van der Waals surface area contributed by atoms with E-state index in [9.17, 15) is 13.2 Å². The molecular formula is C17H25NO4S. The average molecular weight is 339 g/mol. The van der Waals surface area contributed by atoms with Crippen molar-refractivity contribution < 1.29 is 17.4 Å². The van der Waals surface area contributed by atoms with Gasteiger partial charge in [-0.05, 0) is 39.7 Å². The van der Waals surface area contributed by atoms with Gasteiger partial charge in [0.25, 0.3) is 0 Å². The molecule has 23 heavy (non-hydrogen) atoms. The van der Waals surface area contributed by atoms with Crippen LogP contribution in [0.5, 0.6) is 5.75 Å². The Hall–Kier alpha value is -1.56. The molecule has 1 aromatic rings. The van der Waals surface area contributed by atoms with Crippen LogP contribution in [0.1, 0.15) is 45.6 Å². The maximum atomic E-state index is 12.6. The molecule has 5 nitrogen and oxygen atoms in total. The third-order valence-corrected chi connectivity index (χ3v) is 5.39. The SMILES string of the molecule is CCS(=O)(=O)Oc1ccccc1CN(C(=O)C1CCC1)C(C)C. The molecule has 0 aliphatic heterocycles. The minimum atomic E-state index is -3.58. The summed E-state index contributed by atoms with van der Waals surface area (Å²) >= 11 is 0. The van der Waals surface area contributed by atoms with Gasteiger partial charge in [0.15, 0.2) is 0 Å². The van der Waals surface area contributed by atoms with Gasteiger partial charge >= 0.3 is 10.1 Å². The summed E-state index contributed by atoms with van der Waals surface area (Å²) in [5.41, 5.74) is 0.714. The number of hydrogen-bond acceptors (Lipinski definition) is 4. The highest BCUT2D eigenvalue weighted by molar-refractivity contribution is 7.87. The third-order valence-electron chi connectivity index (χ3n) is 4.24. The van der Waals surface area contributed by atoms with Crippen molar-refractivity contribution in [3.05, 3.63) is 29.8 Å². The van der Waals surface area contributed by atoms with Gasteiger partial charge in [0.1, 0.15) is 5.75 Å². The van der Waals surface area contributed by atoms with Gasteiger partial charge in [-0.3, -0.25) is 4.79 Å². The highest BCUT2D eigenvalue weighted by Crippen LogP contribution is 2.30. The molecule has 128 valence electrons. The number of rotatable bonds is 7. The Balaban J connectivity index is 2.21. The molecule has 0 aromatic heterocycles. The fraction of sp³-hybridized carbons (Fsp3) is 0.588. The van der Waals surface area contributed by atoms with Crippen LogP contribution in [-0.4, -0.2) is 31.0 Å². The molecule has 0 saturated heterocycles. The van der Waals surface area contributed by atoms with Crippen LogP contribution in [-0.2, 0) is 21.5 Å². The first-order valence-corrected chi connectivity index (χ1v) is 9.72. The first-order chi connectivity index (χ1) is 10.8. The number of para-hydroxylation sites is 1. The Bertz CT molecular complexity index is 650. The number of nitrogens with zero attached hydrogens (tertiary/aromatic N) is 1. The molecule has 1 aliphatic rings. The van der Waals surface area contributed by atoms with Crippen LogP contribution >= 0.6 is 0 Å². The first-order valence-electron chi connectivity index (χ1n) is 8.14. The molecule has 0 spiro atoms. The average Bonchev–Trinajstić information content (AvgIpc) is 2.43. The minimum Gasteiger partial charge on any atom is -0.382 e. The van der Waals surface area contributed by atoms with E-state index in [0.717, 1.165) is 19.3 Å². The summed E-state index contributed by atoms with van der Waals surface area (Å²) in [7, 11) is -3.58. The standard InChI is InChI=1S/C17H25NO4S/c1-4-23(20,21)22-16-11-6-5-8-15(16)12-18(13(2)3)17(19)14-9-7-10-14/h5-6,8,11,13-14H,4,7,9-10,12H2,1-3H3. The second-order valence-electron chi connectivity index (χ2n) is 6.23. The molecule has 0 N–H and O–H groups in total. The molecule has 1 aliphatic carbocycles. The molecule has 6 heteroatoms. The molecule has 1 amide bonds. The van der Waals surface area contributed by atoms with Crippen LogP contribution in [0.4, 0.5) is 0 Å². The van der Waals surface area contributed by atoms with Gasteiger partial charge in [0.05, 0.1) is 5.75 Å². The summed E-state index contributed by atoms with van der Waals surface area (Å²) < 4.78 is 28.6. The Morgan fingerprint density at radius 1 is 1.30 bits per heavy atom. The van der Waals surface area contributed by atoms with Crippen LogP contribution in [0.25, 0.3) is 0 Å². The normalized spacial score (nSPS) is 15.3. The lowest BCUT2D eigenvalue weighted by Crippen LogP contribution is -2.42. The van der Waals surface area contributed by atoms with E-state index < -0.39 is 10.1 Å². The van der Waals surface area contributed by atoms with E-state index in [1.807, 2.05) is 30.9 Å². The van der Waals surface area contributed by atoms with Crippen molar-refractivity contribution in [1.82, 2.24) is 4.90 Å². The Labute approximate surface area is 138 Å². The number of carbonyl (C=O) groups is 1. The number of hydrogen-bond donors (Lipinski definition) is 0. The van der Waals surface area contributed by atoms with Crippen LogP contribution in [0, 0.1) is 5.92 Å². The Morgan fingerprint density at radius 3 is 2.48 bits per heavy atom. The van der Waals surface area contributed by atoms with Crippen molar-refractivity contribution >= 4 is 16.0 Å². The van der Waals surface area contributed by atoms with Crippen molar-refractivity contribution in [3.8, 4) is 5.75 Å².